The second-order valence-electron chi connectivity index (χ2n) is 8.29. The highest BCUT2D eigenvalue weighted by Gasteiger charge is 2.24. The van der Waals surface area contributed by atoms with Crippen LogP contribution in [0.2, 0.25) is 0 Å². The van der Waals surface area contributed by atoms with E-state index in [1.165, 1.54) is 19.3 Å². The third-order valence-corrected chi connectivity index (χ3v) is 6.10. The Labute approximate surface area is 214 Å². The van der Waals surface area contributed by atoms with Crippen molar-refractivity contribution in [3.63, 3.8) is 0 Å². The van der Waals surface area contributed by atoms with Crippen molar-refractivity contribution in [1.29, 1.82) is 0 Å². The Morgan fingerprint density at radius 3 is 2.64 bits per heavy atom. The molecule has 0 spiro atoms. The minimum Gasteiger partial charge on any atom is -0.468 e. The zero-order chi connectivity index (χ0) is 22.0. The molecule has 182 valence electrons. The van der Waals surface area contributed by atoms with Crippen molar-refractivity contribution >= 4 is 35.8 Å². The molecule has 1 atom stereocenters. The molecule has 0 aromatic carbocycles. The first-order chi connectivity index (χ1) is 15.8. The molecule has 2 aliphatic heterocycles. The van der Waals surface area contributed by atoms with Gasteiger partial charge in [-0.2, -0.15) is 0 Å². The number of anilines is 1. The molecular formula is C24H37IN6O2. The average Bonchev–Trinajstić information content (AvgIpc) is 3.39. The Hall–Kier alpha value is -1.85. The molecule has 9 heteroatoms. The van der Waals surface area contributed by atoms with E-state index in [1.807, 2.05) is 18.3 Å². The molecule has 8 nitrogen and oxygen atoms in total. The summed E-state index contributed by atoms with van der Waals surface area (Å²) in [4.78, 5) is 14.3. The van der Waals surface area contributed by atoms with Gasteiger partial charge in [0, 0.05) is 37.9 Å². The molecule has 1 unspecified atom stereocenters. The third kappa shape index (κ3) is 7.31. The molecule has 4 rings (SSSR count). The average molecular weight is 569 g/mol. The lowest BCUT2D eigenvalue weighted by atomic mass is 10.1. The predicted molar refractivity (Wildman–Crippen MR) is 142 cm³/mol. The maximum Gasteiger partial charge on any atom is 0.191 e. The first kappa shape index (κ1) is 25.8. The van der Waals surface area contributed by atoms with Crippen LogP contribution in [0.25, 0.3) is 0 Å². The topological polar surface area (TPSA) is 78.2 Å². The van der Waals surface area contributed by atoms with Crippen molar-refractivity contribution in [3.05, 3.63) is 48.0 Å². The van der Waals surface area contributed by atoms with E-state index in [-0.39, 0.29) is 30.0 Å². The minimum absolute atomic E-state index is 0. The number of pyridine rings is 1. The van der Waals surface area contributed by atoms with Crippen molar-refractivity contribution < 1.29 is 9.15 Å². The number of morpholine rings is 1. The van der Waals surface area contributed by atoms with Crippen LogP contribution in [0.5, 0.6) is 0 Å². The van der Waals surface area contributed by atoms with Crippen LogP contribution in [-0.4, -0.2) is 68.3 Å². The van der Waals surface area contributed by atoms with Gasteiger partial charge in [0.2, 0.25) is 0 Å². The lowest BCUT2D eigenvalue weighted by molar-refractivity contribution is 0.122. The summed E-state index contributed by atoms with van der Waals surface area (Å²) in [5.74, 6) is 2.84. The number of nitrogens with one attached hydrogen (secondary N) is 2. The molecule has 0 radical (unpaired) electrons. The van der Waals surface area contributed by atoms with Gasteiger partial charge in [0.1, 0.15) is 11.6 Å². The summed E-state index contributed by atoms with van der Waals surface area (Å²) in [6, 6.07) is 8.36. The molecule has 2 aromatic rings. The number of piperidine rings is 1. The molecule has 33 heavy (non-hydrogen) atoms. The molecule has 0 bridgehead atoms. The van der Waals surface area contributed by atoms with Gasteiger partial charge in [-0.1, -0.05) is 12.5 Å². The summed E-state index contributed by atoms with van der Waals surface area (Å²) < 4.78 is 11.3. The zero-order valence-corrected chi connectivity index (χ0v) is 21.9. The molecule has 0 saturated carbocycles. The number of ether oxygens (including phenoxy) is 1. The van der Waals surface area contributed by atoms with Crippen LogP contribution in [0.3, 0.4) is 0 Å². The third-order valence-electron chi connectivity index (χ3n) is 6.10. The Morgan fingerprint density at radius 2 is 1.91 bits per heavy atom. The molecule has 2 aromatic heterocycles. The maximum absolute atomic E-state index is 5.79. The number of hydrogen-bond acceptors (Lipinski definition) is 6. The molecule has 0 aliphatic carbocycles. The quantitative estimate of drug-likeness (QED) is 0.287. The lowest BCUT2D eigenvalue weighted by Gasteiger charge is -2.33. The monoisotopic (exact) mass is 568 g/mol. The number of furan rings is 1. The number of nitrogens with zero attached hydrogens (tertiary/aromatic N) is 4. The van der Waals surface area contributed by atoms with Gasteiger partial charge in [-0.05, 0) is 51.1 Å². The van der Waals surface area contributed by atoms with E-state index in [4.69, 9.17) is 14.1 Å². The second-order valence-corrected chi connectivity index (χ2v) is 8.29. The van der Waals surface area contributed by atoms with Crippen LogP contribution >= 0.6 is 24.0 Å². The van der Waals surface area contributed by atoms with E-state index in [9.17, 15) is 0 Å². The number of halogens is 1. The fraction of sp³-hybridized carbons (Fsp3) is 0.583. The lowest BCUT2D eigenvalue weighted by Crippen LogP contribution is -2.44. The van der Waals surface area contributed by atoms with Gasteiger partial charge >= 0.3 is 0 Å². The molecule has 2 aliphatic rings. The fourth-order valence-corrected chi connectivity index (χ4v) is 4.43. The highest BCUT2D eigenvalue weighted by molar-refractivity contribution is 14.0. The summed E-state index contributed by atoms with van der Waals surface area (Å²) in [6.45, 7) is 9.67. The number of likely N-dealkylation sites (tertiary alicyclic amines) is 1. The van der Waals surface area contributed by atoms with E-state index in [1.54, 1.807) is 6.26 Å². The summed E-state index contributed by atoms with van der Waals surface area (Å²) in [5.41, 5.74) is 1.13. The van der Waals surface area contributed by atoms with Gasteiger partial charge in [-0.25, -0.2) is 9.98 Å². The van der Waals surface area contributed by atoms with E-state index >= 15 is 0 Å². The number of aliphatic imine (C=N–C) groups is 1. The van der Waals surface area contributed by atoms with Crippen LogP contribution < -0.4 is 15.5 Å². The predicted octanol–water partition coefficient (Wildman–Crippen LogP) is 3.41. The Balaban J connectivity index is 0.00000306. The molecule has 0 amide bonds. The van der Waals surface area contributed by atoms with Gasteiger partial charge in [-0.3, -0.25) is 4.90 Å². The van der Waals surface area contributed by atoms with Crippen LogP contribution in [-0.2, 0) is 11.3 Å². The van der Waals surface area contributed by atoms with Gasteiger partial charge in [0.05, 0.1) is 32.1 Å². The smallest absolute Gasteiger partial charge is 0.191 e. The fourth-order valence-electron chi connectivity index (χ4n) is 4.43. The number of aromatic nitrogens is 1. The number of rotatable bonds is 8. The molecule has 2 N–H and O–H groups in total. The highest BCUT2D eigenvalue weighted by Crippen LogP contribution is 2.24. The van der Waals surface area contributed by atoms with Crippen molar-refractivity contribution in [1.82, 2.24) is 20.5 Å². The summed E-state index contributed by atoms with van der Waals surface area (Å²) in [5, 5.41) is 6.95. The zero-order valence-electron chi connectivity index (χ0n) is 19.5. The van der Waals surface area contributed by atoms with E-state index in [2.05, 4.69) is 44.5 Å². The van der Waals surface area contributed by atoms with E-state index < -0.39 is 0 Å². The maximum atomic E-state index is 5.79. The highest BCUT2D eigenvalue weighted by atomic mass is 127. The van der Waals surface area contributed by atoms with Crippen LogP contribution in [0, 0.1) is 0 Å². The Morgan fingerprint density at radius 1 is 1.09 bits per heavy atom. The van der Waals surface area contributed by atoms with Gasteiger partial charge in [-0.15, -0.1) is 24.0 Å². The van der Waals surface area contributed by atoms with E-state index in [0.29, 0.717) is 6.54 Å². The first-order valence-corrected chi connectivity index (χ1v) is 11.9. The van der Waals surface area contributed by atoms with Gasteiger partial charge < -0.3 is 24.7 Å². The van der Waals surface area contributed by atoms with Crippen molar-refractivity contribution in [2.24, 2.45) is 4.99 Å². The van der Waals surface area contributed by atoms with Crippen LogP contribution in [0.15, 0.2) is 46.1 Å². The largest absolute Gasteiger partial charge is 0.468 e. The van der Waals surface area contributed by atoms with E-state index in [0.717, 1.165) is 75.6 Å². The molecular weight excluding hydrogens is 531 g/mol. The van der Waals surface area contributed by atoms with Crippen molar-refractivity contribution in [3.8, 4) is 0 Å². The minimum atomic E-state index is 0. The standard InChI is InChI=1S/C24H36N6O2.HI/c1-2-25-24(27-18-20-8-6-10-26-23(20)30-13-16-31-17-14-30)28-19-21(22-9-7-15-32-22)29-11-4-3-5-12-29;/h6-10,15,21H,2-5,11-14,16-19H2,1H3,(H2,25,27,28);1H. The number of guanidine groups is 1. The summed E-state index contributed by atoms with van der Waals surface area (Å²) in [7, 11) is 0. The van der Waals surface area contributed by atoms with Crippen LogP contribution in [0.4, 0.5) is 5.82 Å². The molecule has 2 saturated heterocycles. The normalized spacial score (nSPS) is 18.5. The SMILES string of the molecule is CCNC(=NCc1cccnc1N1CCOCC1)NCC(c1ccco1)N1CCCCC1.I. The molecule has 2 fully saturated rings. The Kier molecular flexibility index (Phi) is 10.7. The second kappa shape index (κ2) is 13.8. The summed E-state index contributed by atoms with van der Waals surface area (Å²) in [6.07, 6.45) is 7.43. The van der Waals surface area contributed by atoms with Gasteiger partial charge in [0.25, 0.3) is 0 Å². The number of hydrogen-bond donors (Lipinski definition) is 2. The van der Waals surface area contributed by atoms with Crippen LogP contribution in [0.1, 0.15) is 43.6 Å². The molecule has 4 heterocycles. The van der Waals surface area contributed by atoms with Gasteiger partial charge in [0.15, 0.2) is 5.96 Å². The first-order valence-electron chi connectivity index (χ1n) is 11.9. The van der Waals surface area contributed by atoms with Crippen molar-refractivity contribution in [2.75, 3.05) is 57.4 Å². The Bertz CT molecular complexity index is 835. The van der Waals surface area contributed by atoms with Crippen molar-refractivity contribution in [2.45, 2.75) is 38.8 Å². The summed E-state index contributed by atoms with van der Waals surface area (Å²) >= 11 is 0.